The van der Waals surface area contributed by atoms with Gasteiger partial charge in [-0.3, -0.25) is 0 Å². The zero-order valence-corrected chi connectivity index (χ0v) is 11.5. The maximum atomic E-state index is 8.74. The van der Waals surface area contributed by atoms with Crippen LogP contribution in [-0.2, 0) is 4.74 Å². The van der Waals surface area contributed by atoms with Gasteiger partial charge in [0.05, 0.1) is 17.3 Å². The number of hydrogen-bond acceptors (Lipinski definition) is 3. The number of aliphatic hydroxyl groups excluding tert-OH is 1. The van der Waals surface area contributed by atoms with Crippen molar-refractivity contribution in [1.29, 1.82) is 0 Å². The second kappa shape index (κ2) is 6.10. The topological polar surface area (TPSA) is 38.7 Å². The van der Waals surface area contributed by atoms with E-state index in [0.29, 0.717) is 6.61 Å². The fraction of sp³-hybridized carbons (Fsp3) is 0.500. The normalized spacial score (nSPS) is 20.7. The molecule has 1 unspecified atom stereocenters. The van der Waals surface area contributed by atoms with Crippen molar-refractivity contribution >= 4 is 0 Å². The van der Waals surface area contributed by atoms with Gasteiger partial charge in [-0.2, -0.15) is 0 Å². The van der Waals surface area contributed by atoms with E-state index in [-0.39, 0.29) is 18.3 Å². The minimum absolute atomic E-state index is 0.0375. The van der Waals surface area contributed by atoms with E-state index in [4.69, 9.17) is 14.6 Å². The van der Waals surface area contributed by atoms with E-state index in [0.717, 1.165) is 24.2 Å². The second-order valence-electron chi connectivity index (χ2n) is 5.31. The van der Waals surface area contributed by atoms with Gasteiger partial charge in [0.2, 0.25) is 0 Å². The lowest BCUT2D eigenvalue weighted by Gasteiger charge is -2.19. The molecule has 0 radical (unpaired) electrons. The summed E-state index contributed by atoms with van der Waals surface area (Å²) in [6.07, 6.45) is 2.23. The Balaban J connectivity index is 1.96. The third-order valence-electron chi connectivity index (χ3n) is 3.17. The monoisotopic (exact) mass is 260 g/mol. The zero-order chi connectivity index (χ0) is 13.7. The molecule has 2 rings (SSSR count). The van der Waals surface area contributed by atoms with Crippen LogP contribution in [0.2, 0.25) is 0 Å². The summed E-state index contributed by atoms with van der Waals surface area (Å²) in [5.41, 5.74) is 0.762. The predicted molar refractivity (Wildman–Crippen MR) is 74.1 cm³/mol. The van der Waals surface area contributed by atoms with E-state index in [1.165, 1.54) is 0 Å². The molecule has 1 atom stereocenters. The molecule has 1 aliphatic rings. The molecule has 3 nitrogen and oxygen atoms in total. The molecule has 1 aromatic carbocycles. The fourth-order valence-corrected chi connectivity index (χ4v) is 2.21. The van der Waals surface area contributed by atoms with Crippen LogP contribution in [0.1, 0.15) is 32.3 Å². The molecular weight excluding hydrogens is 240 g/mol. The van der Waals surface area contributed by atoms with E-state index in [1.807, 2.05) is 24.3 Å². The number of hydrogen-bond donors (Lipinski definition) is 1. The third-order valence-corrected chi connectivity index (χ3v) is 3.17. The molecule has 3 heteroatoms. The zero-order valence-electron chi connectivity index (χ0n) is 11.5. The molecule has 0 spiro atoms. The molecule has 1 saturated heterocycles. The fourth-order valence-electron chi connectivity index (χ4n) is 2.21. The average Bonchev–Trinajstić information content (AvgIpc) is 2.74. The van der Waals surface area contributed by atoms with Crippen LogP contribution in [0.15, 0.2) is 24.3 Å². The van der Waals surface area contributed by atoms with Gasteiger partial charge in [0.1, 0.15) is 19.0 Å². The molecular formula is C16H20O3. The van der Waals surface area contributed by atoms with Gasteiger partial charge in [0, 0.05) is 0 Å². The van der Waals surface area contributed by atoms with Crippen LogP contribution in [0.3, 0.4) is 0 Å². The Bertz CT molecular complexity index is 482. The number of ether oxygens (including phenoxy) is 2. The standard InChI is InChI=1S/C16H20O3/c1-16(2)10-9-14(19-16)12-18-15-8-4-3-6-13(15)7-5-11-17/h3-4,6,8,14,17H,9-12H2,1-2H3. The molecule has 0 saturated carbocycles. The lowest BCUT2D eigenvalue weighted by atomic mass is 10.1. The molecule has 19 heavy (non-hydrogen) atoms. The van der Waals surface area contributed by atoms with Crippen molar-refractivity contribution in [3.05, 3.63) is 29.8 Å². The van der Waals surface area contributed by atoms with Gasteiger partial charge in [-0.1, -0.05) is 24.0 Å². The summed E-state index contributed by atoms with van der Waals surface area (Å²) in [7, 11) is 0. The van der Waals surface area contributed by atoms with Crippen LogP contribution in [0.5, 0.6) is 5.75 Å². The molecule has 0 bridgehead atoms. The Kier molecular flexibility index (Phi) is 4.47. The molecule has 1 fully saturated rings. The molecule has 0 aliphatic carbocycles. The van der Waals surface area contributed by atoms with Gasteiger partial charge in [0.25, 0.3) is 0 Å². The summed E-state index contributed by atoms with van der Waals surface area (Å²) in [5.74, 6) is 6.28. The van der Waals surface area contributed by atoms with Gasteiger partial charge in [-0.05, 0) is 38.8 Å². The van der Waals surface area contributed by atoms with Crippen LogP contribution in [0.25, 0.3) is 0 Å². The highest BCUT2D eigenvalue weighted by atomic mass is 16.6. The lowest BCUT2D eigenvalue weighted by molar-refractivity contribution is -0.0326. The summed E-state index contributed by atoms with van der Waals surface area (Å²) in [5, 5.41) is 8.74. The first-order chi connectivity index (χ1) is 9.11. The van der Waals surface area contributed by atoms with Crippen molar-refractivity contribution in [3.8, 4) is 17.6 Å². The summed E-state index contributed by atoms with van der Waals surface area (Å²) in [6, 6.07) is 7.60. The Morgan fingerprint density at radius 3 is 2.89 bits per heavy atom. The van der Waals surface area contributed by atoms with E-state index in [9.17, 15) is 0 Å². The first kappa shape index (κ1) is 13.9. The molecule has 1 heterocycles. The van der Waals surface area contributed by atoms with Crippen LogP contribution >= 0.6 is 0 Å². The SMILES string of the molecule is CC1(C)CCC(COc2ccccc2C#CCO)O1. The van der Waals surface area contributed by atoms with Crippen LogP contribution in [-0.4, -0.2) is 30.0 Å². The molecule has 102 valence electrons. The van der Waals surface area contributed by atoms with Gasteiger partial charge >= 0.3 is 0 Å². The smallest absolute Gasteiger partial charge is 0.135 e. The third kappa shape index (κ3) is 3.99. The maximum absolute atomic E-state index is 8.74. The second-order valence-corrected chi connectivity index (χ2v) is 5.31. The summed E-state index contributed by atoms with van der Waals surface area (Å²) in [4.78, 5) is 0. The summed E-state index contributed by atoms with van der Waals surface area (Å²) in [6.45, 7) is 4.61. The Hall–Kier alpha value is -1.50. The summed E-state index contributed by atoms with van der Waals surface area (Å²) >= 11 is 0. The van der Waals surface area contributed by atoms with Gasteiger partial charge < -0.3 is 14.6 Å². The van der Waals surface area contributed by atoms with Crippen molar-refractivity contribution < 1.29 is 14.6 Å². The molecule has 0 amide bonds. The lowest BCUT2D eigenvalue weighted by Crippen LogP contribution is -2.24. The predicted octanol–water partition coefficient (Wildman–Crippen LogP) is 2.37. The molecule has 1 N–H and O–H groups in total. The average molecular weight is 260 g/mol. The minimum atomic E-state index is -0.145. The Labute approximate surface area is 114 Å². The van der Waals surface area contributed by atoms with Crippen molar-refractivity contribution in [3.63, 3.8) is 0 Å². The first-order valence-electron chi connectivity index (χ1n) is 6.60. The largest absolute Gasteiger partial charge is 0.490 e. The number of para-hydroxylation sites is 1. The van der Waals surface area contributed by atoms with Crippen LogP contribution in [0.4, 0.5) is 0 Å². The number of rotatable bonds is 3. The number of benzene rings is 1. The Morgan fingerprint density at radius 2 is 2.21 bits per heavy atom. The van der Waals surface area contributed by atoms with Crippen LogP contribution < -0.4 is 4.74 Å². The van der Waals surface area contributed by atoms with Crippen molar-refractivity contribution in [2.24, 2.45) is 0 Å². The van der Waals surface area contributed by atoms with Gasteiger partial charge in [-0.25, -0.2) is 0 Å². The molecule has 1 aliphatic heterocycles. The van der Waals surface area contributed by atoms with Crippen molar-refractivity contribution in [1.82, 2.24) is 0 Å². The van der Waals surface area contributed by atoms with Crippen molar-refractivity contribution in [2.75, 3.05) is 13.2 Å². The van der Waals surface area contributed by atoms with E-state index in [1.54, 1.807) is 0 Å². The minimum Gasteiger partial charge on any atom is -0.490 e. The quantitative estimate of drug-likeness (QED) is 0.848. The van der Waals surface area contributed by atoms with Crippen molar-refractivity contribution in [2.45, 2.75) is 38.4 Å². The highest BCUT2D eigenvalue weighted by molar-refractivity contribution is 5.45. The molecule has 0 aromatic heterocycles. The maximum Gasteiger partial charge on any atom is 0.135 e. The van der Waals surface area contributed by atoms with Gasteiger partial charge in [0.15, 0.2) is 0 Å². The van der Waals surface area contributed by atoms with E-state index < -0.39 is 0 Å². The molecule has 1 aromatic rings. The van der Waals surface area contributed by atoms with Crippen LogP contribution in [0, 0.1) is 11.8 Å². The van der Waals surface area contributed by atoms with E-state index in [2.05, 4.69) is 25.7 Å². The first-order valence-corrected chi connectivity index (χ1v) is 6.60. The summed E-state index contributed by atoms with van der Waals surface area (Å²) < 4.78 is 11.7. The van der Waals surface area contributed by atoms with E-state index >= 15 is 0 Å². The Morgan fingerprint density at radius 1 is 1.42 bits per heavy atom. The number of aliphatic hydroxyl groups is 1. The highest BCUT2D eigenvalue weighted by Gasteiger charge is 2.31. The van der Waals surface area contributed by atoms with Gasteiger partial charge in [-0.15, -0.1) is 0 Å². The highest BCUT2D eigenvalue weighted by Crippen LogP contribution is 2.30.